The third-order valence-electron chi connectivity index (χ3n) is 6.84. The Hall–Kier alpha value is -0.690. The highest BCUT2D eigenvalue weighted by atomic mass is 17.1. The lowest BCUT2D eigenvalue weighted by atomic mass is 10.0. The monoisotopic (exact) mass is 455 g/mol. The van der Waals surface area contributed by atoms with Crippen LogP contribution in [-0.2, 0) is 9.68 Å². The molecule has 0 aromatic carbocycles. The Labute approximate surface area is 198 Å². The van der Waals surface area contributed by atoms with Crippen LogP contribution < -0.4 is 5.32 Å². The van der Waals surface area contributed by atoms with Gasteiger partial charge in [0.05, 0.1) is 0 Å². The molecule has 2 N–H and O–H groups in total. The average molecular weight is 456 g/mol. The lowest BCUT2D eigenvalue weighted by molar-refractivity contribution is -0.251. The van der Waals surface area contributed by atoms with E-state index in [-0.39, 0.29) is 12.5 Å². The summed E-state index contributed by atoms with van der Waals surface area (Å²) in [6, 6.07) is -0.394. The predicted octanol–water partition coefficient (Wildman–Crippen LogP) is 5.47. The summed E-state index contributed by atoms with van der Waals surface area (Å²) >= 11 is 0. The standard InChI is InChI=1S/C26H53N3O3/c1-3-4-5-6-7-8-9-10-11-12-13-14-15-16-17-18-19-27-26(30)25(24-32-31)29-22-20-28(2)21-23-29/h25,31H,3-24H2,1-2H3,(H,27,30). The molecule has 1 saturated heterocycles. The van der Waals surface area contributed by atoms with E-state index in [1.54, 1.807) is 0 Å². The number of rotatable bonds is 21. The Morgan fingerprint density at radius 1 is 0.781 bits per heavy atom. The largest absolute Gasteiger partial charge is 0.355 e. The highest BCUT2D eigenvalue weighted by Gasteiger charge is 2.28. The SMILES string of the molecule is CCCCCCCCCCCCCCCCCCNC(=O)C(COO)N1CCN(C)CC1. The highest BCUT2D eigenvalue weighted by Crippen LogP contribution is 2.13. The maximum atomic E-state index is 12.5. The predicted molar refractivity (Wildman–Crippen MR) is 134 cm³/mol. The van der Waals surface area contributed by atoms with Crippen molar-refractivity contribution < 1.29 is 14.9 Å². The summed E-state index contributed by atoms with van der Waals surface area (Å²) in [5, 5.41) is 11.9. The third kappa shape index (κ3) is 15.2. The Kier molecular flexibility index (Phi) is 19.1. The molecule has 0 saturated carbocycles. The Balaban J connectivity index is 1.89. The summed E-state index contributed by atoms with van der Waals surface area (Å²) in [5.41, 5.74) is 0. The van der Waals surface area contributed by atoms with E-state index in [0.29, 0.717) is 6.54 Å². The number of nitrogens with one attached hydrogen (secondary N) is 1. The third-order valence-corrected chi connectivity index (χ3v) is 6.84. The summed E-state index contributed by atoms with van der Waals surface area (Å²) in [5.74, 6) is -0.0236. The van der Waals surface area contributed by atoms with Crippen LogP contribution in [0.2, 0.25) is 0 Å². The van der Waals surface area contributed by atoms with E-state index in [2.05, 4.69) is 34.0 Å². The summed E-state index contributed by atoms with van der Waals surface area (Å²) in [6.07, 6.45) is 21.6. The summed E-state index contributed by atoms with van der Waals surface area (Å²) in [6.45, 7) is 6.57. The number of likely N-dealkylation sites (N-methyl/N-ethyl adjacent to an activating group) is 1. The maximum Gasteiger partial charge on any atom is 0.239 e. The molecule has 190 valence electrons. The number of unbranched alkanes of at least 4 members (excludes halogenated alkanes) is 15. The van der Waals surface area contributed by atoms with Crippen LogP contribution in [0.15, 0.2) is 0 Å². The summed E-state index contributed by atoms with van der Waals surface area (Å²) < 4.78 is 0. The smallest absolute Gasteiger partial charge is 0.239 e. The van der Waals surface area contributed by atoms with Gasteiger partial charge in [0, 0.05) is 32.7 Å². The molecular weight excluding hydrogens is 402 g/mol. The van der Waals surface area contributed by atoms with Crippen LogP contribution in [0.25, 0.3) is 0 Å². The molecular formula is C26H53N3O3. The molecule has 0 spiro atoms. The molecule has 1 fully saturated rings. The lowest BCUT2D eigenvalue weighted by Gasteiger charge is -2.36. The Bertz CT molecular complexity index is 429. The molecule has 0 aromatic rings. The van der Waals surface area contributed by atoms with E-state index < -0.39 is 6.04 Å². The lowest BCUT2D eigenvalue weighted by Crippen LogP contribution is -2.55. The van der Waals surface area contributed by atoms with Gasteiger partial charge in [-0.3, -0.25) is 15.0 Å². The van der Waals surface area contributed by atoms with Gasteiger partial charge < -0.3 is 10.2 Å². The number of carbonyl (C=O) groups excluding carboxylic acids is 1. The molecule has 1 rings (SSSR count). The van der Waals surface area contributed by atoms with Crippen LogP contribution in [0.3, 0.4) is 0 Å². The van der Waals surface area contributed by atoms with Gasteiger partial charge in [-0.2, -0.15) is 0 Å². The average Bonchev–Trinajstić information content (AvgIpc) is 2.80. The van der Waals surface area contributed by atoms with Crippen molar-refractivity contribution in [2.75, 3.05) is 46.4 Å². The van der Waals surface area contributed by atoms with Crippen LogP contribution in [0.1, 0.15) is 110 Å². The van der Waals surface area contributed by atoms with E-state index in [4.69, 9.17) is 5.26 Å². The van der Waals surface area contributed by atoms with Gasteiger partial charge in [0.15, 0.2) is 0 Å². The van der Waals surface area contributed by atoms with Gasteiger partial charge in [0.25, 0.3) is 0 Å². The van der Waals surface area contributed by atoms with E-state index in [9.17, 15) is 4.79 Å². The van der Waals surface area contributed by atoms with Crippen molar-refractivity contribution in [1.82, 2.24) is 15.1 Å². The van der Waals surface area contributed by atoms with Crippen molar-refractivity contribution in [2.24, 2.45) is 0 Å². The minimum atomic E-state index is -0.394. The first-order valence-corrected chi connectivity index (χ1v) is 13.7. The number of nitrogens with zero attached hydrogens (tertiary/aromatic N) is 2. The van der Waals surface area contributed by atoms with Crippen molar-refractivity contribution in [1.29, 1.82) is 0 Å². The van der Waals surface area contributed by atoms with Crippen LogP contribution in [0, 0.1) is 0 Å². The number of carbonyl (C=O) groups is 1. The molecule has 6 nitrogen and oxygen atoms in total. The van der Waals surface area contributed by atoms with Gasteiger partial charge in [0.1, 0.15) is 12.6 Å². The maximum absolute atomic E-state index is 12.5. The first-order chi connectivity index (χ1) is 15.7. The fourth-order valence-electron chi connectivity index (χ4n) is 4.55. The van der Waals surface area contributed by atoms with Crippen molar-refractivity contribution in [3.8, 4) is 0 Å². The van der Waals surface area contributed by atoms with Crippen molar-refractivity contribution in [3.63, 3.8) is 0 Å². The van der Waals surface area contributed by atoms with E-state index >= 15 is 0 Å². The van der Waals surface area contributed by atoms with Crippen LogP contribution in [0.5, 0.6) is 0 Å². The molecule has 1 aliphatic rings. The molecule has 1 unspecified atom stereocenters. The van der Waals surface area contributed by atoms with Gasteiger partial charge in [-0.15, -0.1) is 0 Å². The van der Waals surface area contributed by atoms with E-state index in [1.807, 2.05) is 0 Å². The highest BCUT2D eigenvalue weighted by molar-refractivity contribution is 5.81. The Morgan fingerprint density at radius 2 is 1.22 bits per heavy atom. The number of hydrogen-bond donors (Lipinski definition) is 2. The Morgan fingerprint density at radius 3 is 1.66 bits per heavy atom. The normalized spacial score (nSPS) is 16.3. The fraction of sp³-hybridized carbons (Fsp3) is 0.962. The van der Waals surface area contributed by atoms with Crippen LogP contribution >= 0.6 is 0 Å². The summed E-state index contributed by atoms with van der Waals surface area (Å²) in [7, 11) is 2.09. The minimum absolute atomic E-state index is 0.0236. The number of hydrogen-bond acceptors (Lipinski definition) is 5. The molecule has 32 heavy (non-hydrogen) atoms. The number of piperazine rings is 1. The topological polar surface area (TPSA) is 65.0 Å². The van der Waals surface area contributed by atoms with E-state index in [0.717, 1.165) is 32.6 Å². The van der Waals surface area contributed by atoms with Crippen molar-refractivity contribution in [2.45, 2.75) is 116 Å². The van der Waals surface area contributed by atoms with Crippen molar-refractivity contribution in [3.05, 3.63) is 0 Å². The first kappa shape index (κ1) is 29.3. The van der Waals surface area contributed by atoms with Gasteiger partial charge in [-0.05, 0) is 13.5 Å². The zero-order valence-electron chi connectivity index (χ0n) is 21.3. The second-order valence-electron chi connectivity index (χ2n) is 9.75. The van der Waals surface area contributed by atoms with Crippen LogP contribution in [-0.4, -0.2) is 73.4 Å². The molecule has 0 aliphatic carbocycles. The number of amides is 1. The first-order valence-electron chi connectivity index (χ1n) is 13.7. The summed E-state index contributed by atoms with van der Waals surface area (Å²) in [4.78, 5) is 21.2. The molecule has 0 radical (unpaired) electrons. The molecule has 1 heterocycles. The second kappa shape index (κ2) is 20.9. The molecule has 6 heteroatoms. The van der Waals surface area contributed by atoms with Crippen LogP contribution in [0.4, 0.5) is 0 Å². The van der Waals surface area contributed by atoms with Gasteiger partial charge >= 0.3 is 0 Å². The van der Waals surface area contributed by atoms with Gasteiger partial charge in [-0.1, -0.05) is 103 Å². The molecule has 1 atom stereocenters. The zero-order valence-corrected chi connectivity index (χ0v) is 21.3. The second-order valence-corrected chi connectivity index (χ2v) is 9.75. The minimum Gasteiger partial charge on any atom is -0.355 e. The quantitative estimate of drug-likeness (QED) is 0.136. The van der Waals surface area contributed by atoms with Gasteiger partial charge in [-0.25, -0.2) is 4.89 Å². The van der Waals surface area contributed by atoms with Gasteiger partial charge in [0.2, 0.25) is 5.91 Å². The molecule has 0 bridgehead atoms. The van der Waals surface area contributed by atoms with Crippen molar-refractivity contribution >= 4 is 5.91 Å². The molecule has 1 amide bonds. The molecule has 1 aliphatic heterocycles. The molecule has 0 aromatic heterocycles. The fourth-order valence-corrected chi connectivity index (χ4v) is 4.55. The zero-order chi connectivity index (χ0) is 23.3. The van der Waals surface area contributed by atoms with E-state index in [1.165, 1.54) is 96.3 Å².